The van der Waals surface area contributed by atoms with Gasteiger partial charge in [-0.3, -0.25) is 0 Å². The molecular formula is C27H34BrN3O. The molecule has 1 aliphatic carbocycles. The van der Waals surface area contributed by atoms with E-state index in [1.54, 1.807) is 0 Å². The number of aryl methyl sites for hydroxylation is 1. The van der Waals surface area contributed by atoms with Crippen LogP contribution in [0, 0.1) is 12.8 Å². The number of imidazole rings is 1. The molecule has 0 N–H and O–H groups in total. The van der Waals surface area contributed by atoms with Gasteiger partial charge in [-0.05, 0) is 73.1 Å². The smallest absolute Gasteiger partial charge is 0.112 e. The molecule has 5 rings (SSSR count). The van der Waals surface area contributed by atoms with Crippen molar-refractivity contribution in [2.24, 2.45) is 5.92 Å². The Morgan fingerprint density at radius 1 is 1.12 bits per heavy atom. The third-order valence-electron chi connectivity index (χ3n) is 7.33. The van der Waals surface area contributed by atoms with Crippen molar-refractivity contribution < 1.29 is 4.74 Å². The molecule has 0 bridgehead atoms. The van der Waals surface area contributed by atoms with Gasteiger partial charge in [0, 0.05) is 37.1 Å². The lowest BCUT2D eigenvalue weighted by molar-refractivity contribution is -0.00966. The first-order valence-corrected chi connectivity index (χ1v) is 12.7. The standard InChI is InChI=1S/C27H34BrN3O/c1-17(2)27-29-23-11-18(3)5-8-24(23)31(27)25-9-10-30(16-26(25)32-4)15-19-12-20-6-7-22(28)14-21(20)13-19/h5-8,11,14,17,19,25-26H,9-10,12-13,15-16H2,1-4H3/t19-,25-,26-/m1/s1. The van der Waals surface area contributed by atoms with E-state index in [-0.39, 0.29) is 6.10 Å². The molecule has 1 saturated heterocycles. The van der Waals surface area contributed by atoms with Crippen LogP contribution in [0.15, 0.2) is 40.9 Å². The topological polar surface area (TPSA) is 30.3 Å². The molecule has 5 heteroatoms. The largest absolute Gasteiger partial charge is 0.378 e. The fourth-order valence-electron chi connectivity index (χ4n) is 5.82. The van der Waals surface area contributed by atoms with Crippen molar-refractivity contribution in [3.63, 3.8) is 0 Å². The zero-order chi connectivity index (χ0) is 22.4. The van der Waals surface area contributed by atoms with E-state index < -0.39 is 0 Å². The first kappa shape index (κ1) is 22.1. The lowest BCUT2D eigenvalue weighted by Crippen LogP contribution is -2.47. The summed E-state index contributed by atoms with van der Waals surface area (Å²) in [4.78, 5) is 7.67. The molecule has 0 saturated carbocycles. The van der Waals surface area contributed by atoms with Gasteiger partial charge in [-0.1, -0.05) is 41.9 Å². The lowest BCUT2D eigenvalue weighted by atomic mass is 9.97. The number of rotatable bonds is 5. The summed E-state index contributed by atoms with van der Waals surface area (Å²) in [7, 11) is 1.88. The molecule has 2 aromatic carbocycles. The maximum atomic E-state index is 6.11. The summed E-state index contributed by atoms with van der Waals surface area (Å²) in [6.45, 7) is 9.89. The zero-order valence-corrected chi connectivity index (χ0v) is 21.2. The van der Waals surface area contributed by atoms with Gasteiger partial charge >= 0.3 is 0 Å². The van der Waals surface area contributed by atoms with E-state index in [2.05, 4.69) is 82.6 Å². The van der Waals surface area contributed by atoms with E-state index in [4.69, 9.17) is 9.72 Å². The van der Waals surface area contributed by atoms with Crippen LogP contribution in [0.25, 0.3) is 11.0 Å². The molecule has 3 aromatic rings. The molecule has 2 heterocycles. The number of fused-ring (bicyclic) bond motifs is 2. The number of halogens is 1. The number of nitrogens with zero attached hydrogens (tertiary/aromatic N) is 3. The maximum Gasteiger partial charge on any atom is 0.112 e. The number of aromatic nitrogens is 2. The summed E-state index contributed by atoms with van der Waals surface area (Å²) >= 11 is 3.63. The van der Waals surface area contributed by atoms with Gasteiger partial charge in [0.2, 0.25) is 0 Å². The Labute approximate surface area is 200 Å². The number of piperidine rings is 1. The van der Waals surface area contributed by atoms with E-state index in [1.165, 1.54) is 45.3 Å². The highest BCUT2D eigenvalue weighted by Crippen LogP contribution is 2.35. The van der Waals surface area contributed by atoms with E-state index in [9.17, 15) is 0 Å². The van der Waals surface area contributed by atoms with Crippen LogP contribution in [0.5, 0.6) is 0 Å². The van der Waals surface area contributed by atoms with Crippen molar-refractivity contribution in [3.05, 3.63) is 63.4 Å². The summed E-state index contributed by atoms with van der Waals surface area (Å²) in [5.41, 5.74) is 6.67. The number of methoxy groups -OCH3 is 1. The normalized spacial score (nSPS) is 23.9. The molecule has 2 aliphatic rings. The summed E-state index contributed by atoms with van der Waals surface area (Å²) < 4.78 is 9.80. The van der Waals surface area contributed by atoms with E-state index in [0.29, 0.717) is 17.9 Å². The maximum absolute atomic E-state index is 6.11. The molecule has 0 spiro atoms. The average molecular weight is 496 g/mol. The molecule has 3 atom stereocenters. The lowest BCUT2D eigenvalue weighted by Gasteiger charge is -2.40. The monoisotopic (exact) mass is 495 g/mol. The third kappa shape index (κ3) is 4.15. The van der Waals surface area contributed by atoms with Gasteiger partial charge in [-0.2, -0.15) is 0 Å². The molecule has 1 aromatic heterocycles. The van der Waals surface area contributed by atoms with Crippen LogP contribution >= 0.6 is 15.9 Å². The van der Waals surface area contributed by atoms with Gasteiger partial charge < -0.3 is 14.2 Å². The van der Waals surface area contributed by atoms with Gasteiger partial charge in [0.25, 0.3) is 0 Å². The predicted molar refractivity (Wildman–Crippen MR) is 134 cm³/mol. The first-order valence-electron chi connectivity index (χ1n) is 11.9. The minimum Gasteiger partial charge on any atom is -0.378 e. The fourth-order valence-corrected chi connectivity index (χ4v) is 6.22. The fraction of sp³-hybridized carbons (Fsp3) is 0.519. The molecule has 0 unspecified atom stereocenters. The Bertz CT molecular complexity index is 1120. The summed E-state index contributed by atoms with van der Waals surface area (Å²) in [5, 5.41) is 0. The van der Waals surface area contributed by atoms with Gasteiger partial charge in [0.1, 0.15) is 5.82 Å². The number of hydrogen-bond donors (Lipinski definition) is 0. The number of ether oxygens (including phenoxy) is 1. The molecular weight excluding hydrogens is 462 g/mol. The van der Waals surface area contributed by atoms with Gasteiger partial charge in [-0.15, -0.1) is 0 Å². The first-order chi connectivity index (χ1) is 15.4. The molecule has 4 nitrogen and oxygen atoms in total. The summed E-state index contributed by atoms with van der Waals surface area (Å²) in [6.07, 6.45) is 3.67. The van der Waals surface area contributed by atoms with Crippen LogP contribution in [-0.2, 0) is 17.6 Å². The van der Waals surface area contributed by atoms with Crippen molar-refractivity contribution in [2.75, 3.05) is 26.7 Å². The highest BCUT2D eigenvalue weighted by molar-refractivity contribution is 9.10. The zero-order valence-electron chi connectivity index (χ0n) is 19.6. The highest BCUT2D eigenvalue weighted by Gasteiger charge is 2.35. The number of likely N-dealkylation sites (tertiary alicyclic amines) is 1. The molecule has 0 radical (unpaired) electrons. The van der Waals surface area contributed by atoms with Crippen LogP contribution in [-0.4, -0.2) is 47.3 Å². The Morgan fingerprint density at radius 2 is 1.94 bits per heavy atom. The molecule has 1 aliphatic heterocycles. The van der Waals surface area contributed by atoms with Crippen LogP contribution in [0.3, 0.4) is 0 Å². The van der Waals surface area contributed by atoms with Crippen LogP contribution in [0.1, 0.15) is 54.7 Å². The minimum atomic E-state index is 0.179. The number of benzene rings is 2. The van der Waals surface area contributed by atoms with Crippen molar-refractivity contribution in [1.29, 1.82) is 0 Å². The van der Waals surface area contributed by atoms with Gasteiger partial charge in [0.15, 0.2) is 0 Å². The Balaban J connectivity index is 1.34. The van der Waals surface area contributed by atoms with E-state index in [1.807, 2.05) is 7.11 Å². The van der Waals surface area contributed by atoms with Crippen LogP contribution in [0.2, 0.25) is 0 Å². The van der Waals surface area contributed by atoms with Crippen LogP contribution in [0.4, 0.5) is 0 Å². The minimum absolute atomic E-state index is 0.179. The van der Waals surface area contributed by atoms with Crippen LogP contribution < -0.4 is 0 Å². The van der Waals surface area contributed by atoms with Gasteiger partial charge in [0.05, 0.1) is 23.2 Å². The average Bonchev–Trinajstić information content (AvgIpc) is 3.33. The second-order valence-electron chi connectivity index (χ2n) is 10.1. The van der Waals surface area contributed by atoms with Crippen molar-refractivity contribution >= 4 is 27.0 Å². The number of hydrogen-bond acceptors (Lipinski definition) is 3. The second-order valence-corrected chi connectivity index (χ2v) is 11.0. The van der Waals surface area contributed by atoms with Crippen molar-refractivity contribution in [2.45, 2.75) is 58.1 Å². The Hall–Kier alpha value is -1.69. The molecule has 0 amide bonds. The predicted octanol–water partition coefficient (Wildman–Crippen LogP) is 5.91. The summed E-state index contributed by atoms with van der Waals surface area (Å²) in [5.74, 6) is 2.27. The van der Waals surface area contributed by atoms with E-state index >= 15 is 0 Å². The quantitative estimate of drug-likeness (QED) is 0.440. The highest BCUT2D eigenvalue weighted by atomic mass is 79.9. The summed E-state index contributed by atoms with van der Waals surface area (Å²) in [6, 6.07) is 13.8. The Kier molecular flexibility index (Phi) is 6.17. The van der Waals surface area contributed by atoms with Crippen molar-refractivity contribution in [3.8, 4) is 0 Å². The Morgan fingerprint density at radius 3 is 2.72 bits per heavy atom. The SMILES string of the molecule is CO[C@@H]1CN(C[C@@H]2Cc3ccc(Br)cc3C2)CC[C@H]1n1c(C(C)C)nc2cc(C)ccc21. The van der Waals surface area contributed by atoms with Gasteiger partial charge in [-0.25, -0.2) is 4.98 Å². The van der Waals surface area contributed by atoms with Crippen molar-refractivity contribution in [1.82, 2.24) is 14.5 Å². The molecule has 170 valence electrons. The second kappa shape index (κ2) is 8.92. The molecule has 32 heavy (non-hydrogen) atoms. The van der Waals surface area contributed by atoms with E-state index in [0.717, 1.165) is 31.6 Å². The third-order valence-corrected chi connectivity index (χ3v) is 7.83. The molecule has 1 fully saturated rings.